The number of anilines is 4. The number of carbonyl (C=O) groups excluding carboxylic acids is 1. The van der Waals surface area contributed by atoms with Gasteiger partial charge in [0.05, 0.1) is 38.6 Å². The number of nitrogens with one attached hydrogen (secondary N) is 2. The highest BCUT2D eigenvalue weighted by Gasteiger charge is 2.17. The lowest BCUT2D eigenvalue weighted by Crippen LogP contribution is -2.44. The summed E-state index contributed by atoms with van der Waals surface area (Å²) < 4.78 is 17.3. The van der Waals surface area contributed by atoms with Crippen LogP contribution in [0, 0.1) is 0 Å². The molecular weight excluding hydrogens is 568 g/mol. The van der Waals surface area contributed by atoms with Gasteiger partial charge in [-0.1, -0.05) is 48.0 Å². The van der Waals surface area contributed by atoms with E-state index < -0.39 is 0 Å². The van der Waals surface area contributed by atoms with Gasteiger partial charge in [0.2, 0.25) is 17.7 Å². The average molecular weight is 603 g/mol. The third-order valence-electron chi connectivity index (χ3n) is 6.93. The molecule has 4 aromatic rings. The fourth-order valence-corrected chi connectivity index (χ4v) is 4.68. The fraction of sp³-hybridized carbons (Fsp3) is 0.281. The summed E-state index contributed by atoms with van der Waals surface area (Å²) >= 11 is 6.37. The number of hydrogen-bond donors (Lipinski definition) is 2. The van der Waals surface area contributed by atoms with Crippen molar-refractivity contribution in [2.45, 2.75) is 13.0 Å². The molecule has 10 nitrogen and oxygen atoms in total. The predicted octanol–water partition coefficient (Wildman–Crippen LogP) is 5.97. The molecule has 5 rings (SSSR count). The lowest BCUT2D eigenvalue weighted by atomic mass is 10.2. The number of halogens is 1. The molecular formula is C32H35ClN6O4. The predicted molar refractivity (Wildman–Crippen MR) is 169 cm³/mol. The third-order valence-corrected chi connectivity index (χ3v) is 7.19. The molecule has 43 heavy (non-hydrogen) atoms. The molecule has 0 unspecified atom stereocenters. The quantitative estimate of drug-likeness (QED) is 0.190. The Morgan fingerprint density at radius 1 is 1.00 bits per heavy atom. The highest BCUT2D eigenvalue weighted by atomic mass is 35.5. The van der Waals surface area contributed by atoms with Gasteiger partial charge >= 0.3 is 0 Å². The van der Waals surface area contributed by atoms with Crippen LogP contribution in [0.2, 0.25) is 5.02 Å². The molecule has 11 heteroatoms. The van der Waals surface area contributed by atoms with Gasteiger partial charge in [-0.25, -0.2) is 4.98 Å². The molecule has 1 amide bonds. The molecule has 2 N–H and O–H groups in total. The van der Waals surface area contributed by atoms with Crippen LogP contribution in [0.25, 0.3) is 0 Å². The highest BCUT2D eigenvalue weighted by molar-refractivity contribution is 6.31. The van der Waals surface area contributed by atoms with E-state index in [0.717, 1.165) is 37.4 Å². The van der Waals surface area contributed by atoms with Crippen molar-refractivity contribution in [2.75, 3.05) is 62.5 Å². The Morgan fingerprint density at radius 2 is 1.81 bits per heavy atom. The van der Waals surface area contributed by atoms with Crippen LogP contribution >= 0.6 is 11.6 Å². The number of nitrogens with zero attached hydrogens (tertiary/aromatic N) is 4. The van der Waals surface area contributed by atoms with Gasteiger partial charge in [-0.2, -0.15) is 4.98 Å². The van der Waals surface area contributed by atoms with Crippen molar-refractivity contribution < 1.29 is 19.0 Å². The van der Waals surface area contributed by atoms with Gasteiger partial charge < -0.3 is 34.6 Å². The zero-order valence-corrected chi connectivity index (χ0v) is 25.0. The molecule has 1 aliphatic rings. The summed E-state index contributed by atoms with van der Waals surface area (Å²) in [5.74, 6) is 1.43. The van der Waals surface area contributed by atoms with Gasteiger partial charge in [-0.15, -0.1) is 0 Å². The molecule has 1 aliphatic heterocycles. The minimum Gasteiger partial charge on any atom is -0.494 e. The van der Waals surface area contributed by atoms with Crippen molar-refractivity contribution in [3.05, 3.63) is 89.6 Å². The molecule has 0 atom stereocenters. The topological polar surface area (TPSA) is 101 Å². The summed E-state index contributed by atoms with van der Waals surface area (Å²) in [6.07, 6.45) is 1.70. The van der Waals surface area contributed by atoms with Crippen LogP contribution in [-0.2, 0) is 16.1 Å². The van der Waals surface area contributed by atoms with Gasteiger partial charge in [0.1, 0.15) is 16.5 Å². The van der Waals surface area contributed by atoms with Crippen LogP contribution in [-0.4, -0.2) is 67.7 Å². The maximum Gasteiger partial charge on any atom is 0.243 e. The number of hydrogen-bond acceptors (Lipinski definition) is 9. The molecule has 1 saturated heterocycles. The molecule has 0 bridgehead atoms. The monoisotopic (exact) mass is 602 g/mol. The second kappa shape index (κ2) is 14.7. The lowest BCUT2D eigenvalue weighted by molar-refractivity contribution is -0.117. The first-order chi connectivity index (χ1) is 21.0. The average Bonchev–Trinajstić information content (AvgIpc) is 3.02. The van der Waals surface area contributed by atoms with E-state index in [4.69, 9.17) is 25.8 Å². The number of likely N-dealkylation sites (N-methyl/N-ethyl adjacent to an activating group) is 1. The zero-order valence-electron chi connectivity index (χ0n) is 24.3. The molecule has 0 aliphatic carbocycles. The maximum absolute atomic E-state index is 12.4. The number of aromatic nitrogens is 2. The molecule has 0 spiro atoms. The first-order valence-electron chi connectivity index (χ1n) is 14.1. The molecule has 2 heterocycles. The summed E-state index contributed by atoms with van der Waals surface area (Å²) in [6.45, 7) is 4.73. The number of benzene rings is 3. The summed E-state index contributed by atoms with van der Waals surface area (Å²) in [4.78, 5) is 25.9. The van der Waals surface area contributed by atoms with E-state index in [2.05, 4.69) is 43.5 Å². The van der Waals surface area contributed by atoms with E-state index in [1.165, 1.54) is 6.20 Å². The molecule has 224 valence electrons. The molecule has 0 radical (unpaired) electrons. The van der Waals surface area contributed by atoms with Crippen LogP contribution in [0.4, 0.5) is 23.0 Å². The number of methoxy groups -OCH3 is 1. The largest absolute Gasteiger partial charge is 0.494 e. The van der Waals surface area contributed by atoms with Crippen molar-refractivity contribution in [2.24, 2.45) is 0 Å². The normalized spacial score (nSPS) is 13.4. The first kappa shape index (κ1) is 30.1. The zero-order chi connectivity index (χ0) is 30.0. The molecule has 3 aromatic carbocycles. The second-order valence-corrected chi connectivity index (χ2v) is 10.5. The Kier molecular flexibility index (Phi) is 10.3. The van der Waals surface area contributed by atoms with Crippen LogP contribution in [0.3, 0.4) is 0 Å². The minimum absolute atomic E-state index is 0.163. The smallest absolute Gasteiger partial charge is 0.243 e. The number of amides is 1. The van der Waals surface area contributed by atoms with Crippen LogP contribution < -0.4 is 25.0 Å². The van der Waals surface area contributed by atoms with Crippen molar-refractivity contribution in [1.82, 2.24) is 14.9 Å². The van der Waals surface area contributed by atoms with E-state index in [1.54, 1.807) is 31.4 Å². The van der Waals surface area contributed by atoms with Crippen molar-refractivity contribution in [3.8, 4) is 17.4 Å². The van der Waals surface area contributed by atoms with Gasteiger partial charge in [0, 0.05) is 49.7 Å². The lowest BCUT2D eigenvalue weighted by Gasteiger charge is -2.34. The van der Waals surface area contributed by atoms with Crippen molar-refractivity contribution >= 4 is 40.5 Å². The number of rotatable bonds is 12. The van der Waals surface area contributed by atoms with E-state index in [9.17, 15) is 4.79 Å². The highest BCUT2D eigenvalue weighted by Crippen LogP contribution is 2.34. The Labute approximate surface area is 256 Å². The second-order valence-electron chi connectivity index (χ2n) is 10.1. The van der Waals surface area contributed by atoms with Gasteiger partial charge in [-0.05, 0) is 36.9 Å². The number of carbonyl (C=O) groups is 1. The summed E-state index contributed by atoms with van der Waals surface area (Å²) in [7, 11) is 3.77. The third kappa shape index (κ3) is 8.57. The Bertz CT molecular complexity index is 1520. The summed E-state index contributed by atoms with van der Waals surface area (Å²) in [6, 6.07) is 22.9. The molecule has 0 saturated carbocycles. The van der Waals surface area contributed by atoms with E-state index in [-0.39, 0.29) is 23.2 Å². The Morgan fingerprint density at radius 3 is 2.60 bits per heavy atom. The van der Waals surface area contributed by atoms with Crippen LogP contribution in [0.1, 0.15) is 12.0 Å². The van der Waals surface area contributed by atoms with E-state index in [1.807, 2.05) is 42.5 Å². The van der Waals surface area contributed by atoms with Crippen LogP contribution in [0.5, 0.6) is 17.4 Å². The van der Waals surface area contributed by atoms with Gasteiger partial charge in [0.15, 0.2) is 0 Å². The number of piperazine rings is 1. The van der Waals surface area contributed by atoms with E-state index >= 15 is 0 Å². The minimum atomic E-state index is -0.163. The van der Waals surface area contributed by atoms with Crippen LogP contribution in [0.15, 0.2) is 79.0 Å². The SMILES string of the molecule is COc1cc(N2CCN(C)CC2)ccc1Nc1ncc(Cl)c(Oc2cccc(NC(=O)CCOCc3ccccc3)c2)n1. The molecule has 1 fully saturated rings. The van der Waals surface area contributed by atoms with Gasteiger partial charge in [0.25, 0.3) is 0 Å². The summed E-state index contributed by atoms with van der Waals surface area (Å²) in [5, 5.41) is 6.32. The van der Waals surface area contributed by atoms with Crippen molar-refractivity contribution in [3.63, 3.8) is 0 Å². The Hall–Kier alpha value is -4.38. The standard InChI is InChI=1S/C32H35ClN6O4/c1-38-14-16-39(17-15-38)25-11-12-28(29(20-25)41-2)36-32-34-21-27(33)31(37-32)43-26-10-6-9-24(19-26)35-30(40)13-18-42-22-23-7-4-3-5-8-23/h3-12,19-21H,13-18,22H2,1-2H3,(H,35,40)(H,34,36,37). The van der Waals surface area contributed by atoms with Crippen molar-refractivity contribution in [1.29, 1.82) is 0 Å². The fourth-order valence-electron chi connectivity index (χ4n) is 4.55. The first-order valence-corrected chi connectivity index (χ1v) is 14.4. The van der Waals surface area contributed by atoms with E-state index in [0.29, 0.717) is 42.0 Å². The Balaban J connectivity index is 1.18. The maximum atomic E-state index is 12.4. The number of ether oxygens (including phenoxy) is 3. The summed E-state index contributed by atoms with van der Waals surface area (Å²) in [5.41, 5.74) is 3.46. The van der Waals surface area contributed by atoms with Gasteiger partial charge in [-0.3, -0.25) is 4.79 Å². The molecule has 1 aromatic heterocycles.